The van der Waals surface area contributed by atoms with Crippen LogP contribution in [0.4, 0.5) is 0 Å². The molecule has 16 heavy (non-hydrogen) atoms. The van der Waals surface area contributed by atoms with Crippen LogP contribution in [0.5, 0.6) is 0 Å². The Balaban J connectivity index is -0.000000183. The number of hydrogen-bond acceptors (Lipinski definition) is 4. The Morgan fingerprint density at radius 2 is 0.750 bits per heavy atom. The third-order valence-electron chi connectivity index (χ3n) is 1.71. The lowest BCUT2D eigenvalue weighted by atomic mass is 10.4. The van der Waals surface area contributed by atoms with Crippen LogP contribution in [0.15, 0.2) is 0 Å². The first-order chi connectivity index (χ1) is 7.83. The van der Waals surface area contributed by atoms with Gasteiger partial charge in [-0.05, 0) is 51.9 Å². The Morgan fingerprint density at radius 3 is 0.875 bits per heavy atom. The van der Waals surface area contributed by atoms with Crippen LogP contribution in [0.2, 0.25) is 0 Å². The second-order valence-electron chi connectivity index (χ2n) is 3.50. The number of nitrogens with one attached hydrogen (secondary N) is 2. The molecular weight excluding hydrogens is 204 g/mol. The molecule has 0 saturated heterocycles. The van der Waals surface area contributed by atoms with Crippen LogP contribution in [-0.4, -0.2) is 36.7 Å². The topological polar surface area (TPSA) is 64.5 Å². The van der Waals surface area contributed by atoms with Gasteiger partial charge in [0.1, 0.15) is 0 Å². The zero-order valence-corrected chi connectivity index (χ0v) is 11.6. The van der Waals surface area contributed by atoms with E-state index in [1.807, 2.05) is 0 Å². The molecule has 4 nitrogen and oxygen atoms in total. The molecule has 0 fully saturated rings. The SMILES string of the molecule is CCCNCCC.CCCNCCC.OO. The van der Waals surface area contributed by atoms with Gasteiger partial charge in [0.05, 0.1) is 0 Å². The maximum absolute atomic E-state index is 6.00. The van der Waals surface area contributed by atoms with E-state index in [9.17, 15) is 0 Å². The van der Waals surface area contributed by atoms with Crippen molar-refractivity contribution in [1.29, 1.82) is 0 Å². The van der Waals surface area contributed by atoms with Crippen molar-refractivity contribution in [1.82, 2.24) is 10.6 Å². The van der Waals surface area contributed by atoms with E-state index in [1.165, 1.54) is 51.9 Å². The highest BCUT2D eigenvalue weighted by Crippen LogP contribution is 1.72. The normalized spacial score (nSPS) is 8.62. The Labute approximate surface area is 101 Å². The molecule has 102 valence electrons. The lowest BCUT2D eigenvalue weighted by molar-refractivity contribution is -0.176. The van der Waals surface area contributed by atoms with Gasteiger partial charge in [0, 0.05) is 0 Å². The summed E-state index contributed by atoms with van der Waals surface area (Å²) in [6.07, 6.45) is 5.00. The molecule has 4 N–H and O–H groups in total. The second kappa shape index (κ2) is 29.4. The highest BCUT2D eigenvalue weighted by Gasteiger charge is 1.77. The molecule has 0 aliphatic heterocycles. The van der Waals surface area contributed by atoms with Crippen LogP contribution in [0.25, 0.3) is 0 Å². The summed E-state index contributed by atoms with van der Waals surface area (Å²) < 4.78 is 0. The van der Waals surface area contributed by atoms with Crippen molar-refractivity contribution in [3.63, 3.8) is 0 Å². The molecule has 0 aliphatic rings. The predicted octanol–water partition coefficient (Wildman–Crippen LogP) is 2.81. The van der Waals surface area contributed by atoms with Gasteiger partial charge in [0.25, 0.3) is 0 Å². The summed E-state index contributed by atoms with van der Waals surface area (Å²) in [6.45, 7) is 13.4. The lowest BCUT2D eigenvalue weighted by Gasteiger charge is -1.95. The zero-order chi connectivity index (χ0) is 13.1. The Morgan fingerprint density at radius 1 is 0.562 bits per heavy atom. The number of rotatable bonds is 8. The third-order valence-corrected chi connectivity index (χ3v) is 1.71. The largest absolute Gasteiger partial charge is 0.317 e. The highest BCUT2D eigenvalue weighted by molar-refractivity contribution is 4.40. The van der Waals surface area contributed by atoms with E-state index in [-0.39, 0.29) is 0 Å². The van der Waals surface area contributed by atoms with Gasteiger partial charge in [0.2, 0.25) is 0 Å². The van der Waals surface area contributed by atoms with Gasteiger partial charge in [-0.15, -0.1) is 0 Å². The van der Waals surface area contributed by atoms with Gasteiger partial charge < -0.3 is 10.6 Å². The average Bonchev–Trinajstić information content (AvgIpc) is 2.34. The van der Waals surface area contributed by atoms with Crippen LogP contribution in [0, 0.1) is 0 Å². The summed E-state index contributed by atoms with van der Waals surface area (Å²) in [6, 6.07) is 0. The highest BCUT2D eigenvalue weighted by atomic mass is 17.0. The molecule has 0 radical (unpaired) electrons. The quantitative estimate of drug-likeness (QED) is 0.297. The van der Waals surface area contributed by atoms with Crippen LogP contribution >= 0.6 is 0 Å². The fraction of sp³-hybridized carbons (Fsp3) is 1.00. The molecule has 0 amide bonds. The van der Waals surface area contributed by atoms with Crippen molar-refractivity contribution >= 4 is 0 Å². The van der Waals surface area contributed by atoms with Crippen molar-refractivity contribution in [2.75, 3.05) is 26.2 Å². The van der Waals surface area contributed by atoms with Gasteiger partial charge >= 0.3 is 0 Å². The van der Waals surface area contributed by atoms with Crippen molar-refractivity contribution in [2.45, 2.75) is 53.4 Å². The summed E-state index contributed by atoms with van der Waals surface area (Å²) in [5.41, 5.74) is 0. The van der Waals surface area contributed by atoms with Gasteiger partial charge in [-0.25, -0.2) is 0 Å². The Kier molecular flexibility index (Phi) is 38.8. The monoisotopic (exact) mass is 236 g/mol. The molecular formula is C12H32N2O2. The van der Waals surface area contributed by atoms with Gasteiger partial charge in [-0.3, -0.25) is 10.5 Å². The molecule has 0 aromatic heterocycles. The molecule has 0 aromatic rings. The number of hydrogen-bond donors (Lipinski definition) is 4. The Hall–Kier alpha value is -0.160. The molecule has 0 aliphatic carbocycles. The molecule has 0 saturated carbocycles. The van der Waals surface area contributed by atoms with Crippen molar-refractivity contribution in [3.05, 3.63) is 0 Å². The Bertz CT molecular complexity index is 65.4. The van der Waals surface area contributed by atoms with E-state index >= 15 is 0 Å². The second-order valence-corrected chi connectivity index (χ2v) is 3.50. The third kappa shape index (κ3) is 37.1. The minimum Gasteiger partial charge on any atom is -0.317 e. The molecule has 0 rings (SSSR count). The summed E-state index contributed by atoms with van der Waals surface area (Å²) in [4.78, 5) is 0. The summed E-state index contributed by atoms with van der Waals surface area (Å²) in [5.74, 6) is 0. The van der Waals surface area contributed by atoms with E-state index in [0.29, 0.717) is 0 Å². The van der Waals surface area contributed by atoms with Gasteiger partial charge in [0.15, 0.2) is 0 Å². The molecule has 0 heterocycles. The van der Waals surface area contributed by atoms with E-state index < -0.39 is 0 Å². The van der Waals surface area contributed by atoms with Crippen LogP contribution in [-0.2, 0) is 0 Å². The molecule has 0 spiro atoms. The van der Waals surface area contributed by atoms with Crippen molar-refractivity contribution in [2.24, 2.45) is 0 Å². The standard InChI is InChI=1S/2C6H15N.H2O2/c2*1-3-5-7-6-4-2;1-2/h2*7H,3-6H2,1-2H3;1-2H. The maximum atomic E-state index is 6.00. The van der Waals surface area contributed by atoms with Gasteiger partial charge in [-0.2, -0.15) is 0 Å². The van der Waals surface area contributed by atoms with E-state index in [4.69, 9.17) is 10.5 Å². The van der Waals surface area contributed by atoms with E-state index in [1.54, 1.807) is 0 Å². The van der Waals surface area contributed by atoms with Crippen LogP contribution in [0.3, 0.4) is 0 Å². The van der Waals surface area contributed by atoms with Crippen molar-refractivity contribution < 1.29 is 10.5 Å². The fourth-order valence-corrected chi connectivity index (χ4v) is 0.957. The van der Waals surface area contributed by atoms with Gasteiger partial charge in [-0.1, -0.05) is 27.7 Å². The molecule has 0 aromatic carbocycles. The molecule has 0 bridgehead atoms. The van der Waals surface area contributed by atoms with Crippen LogP contribution < -0.4 is 10.6 Å². The molecule has 4 heteroatoms. The maximum Gasteiger partial charge on any atom is -0.00516 e. The first-order valence-corrected chi connectivity index (χ1v) is 6.44. The van der Waals surface area contributed by atoms with E-state index in [2.05, 4.69) is 38.3 Å². The first-order valence-electron chi connectivity index (χ1n) is 6.44. The minimum absolute atomic E-state index is 1.17. The summed E-state index contributed by atoms with van der Waals surface area (Å²) in [5, 5.41) is 18.6. The lowest BCUT2D eigenvalue weighted by Crippen LogP contribution is -2.14. The average molecular weight is 236 g/mol. The summed E-state index contributed by atoms with van der Waals surface area (Å²) in [7, 11) is 0. The van der Waals surface area contributed by atoms with Crippen molar-refractivity contribution in [3.8, 4) is 0 Å². The molecule has 0 atom stereocenters. The van der Waals surface area contributed by atoms with E-state index in [0.717, 1.165) is 0 Å². The first kappa shape index (κ1) is 21.2. The summed E-state index contributed by atoms with van der Waals surface area (Å²) >= 11 is 0. The molecule has 0 unspecified atom stereocenters. The fourth-order valence-electron chi connectivity index (χ4n) is 0.957. The zero-order valence-electron chi connectivity index (χ0n) is 11.6. The minimum atomic E-state index is 1.17. The predicted molar refractivity (Wildman–Crippen MR) is 72.2 cm³/mol. The smallest absolute Gasteiger partial charge is 0.00516 e. The van der Waals surface area contributed by atoms with Crippen LogP contribution in [0.1, 0.15) is 53.4 Å².